The van der Waals surface area contributed by atoms with E-state index >= 15 is 0 Å². The SMILES string of the molecule is CN(C)C(CNS(=O)(=O)CBr)c1cccs1. The van der Waals surface area contributed by atoms with Gasteiger partial charge in [0.25, 0.3) is 0 Å². The fourth-order valence-electron chi connectivity index (χ4n) is 1.26. The minimum atomic E-state index is -3.19. The van der Waals surface area contributed by atoms with Gasteiger partial charge in [-0.2, -0.15) is 0 Å². The van der Waals surface area contributed by atoms with Crippen LogP contribution in [0.15, 0.2) is 17.5 Å². The van der Waals surface area contributed by atoms with Crippen LogP contribution in [0.1, 0.15) is 10.9 Å². The number of likely N-dealkylation sites (N-methyl/N-ethyl adjacent to an activating group) is 1. The summed E-state index contributed by atoms with van der Waals surface area (Å²) >= 11 is 4.57. The van der Waals surface area contributed by atoms with Crippen LogP contribution in [0.3, 0.4) is 0 Å². The van der Waals surface area contributed by atoms with Gasteiger partial charge < -0.3 is 4.90 Å². The van der Waals surface area contributed by atoms with Gasteiger partial charge in [0.05, 0.1) is 6.04 Å². The molecule has 0 saturated heterocycles. The van der Waals surface area contributed by atoms with Gasteiger partial charge in [-0.1, -0.05) is 22.0 Å². The predicted octanol–water partition coefficient (Wildman–Crippen LogP) is 1.62. The van der Waals surface area contributed by atoms with Crippen molar-refractivity contribution in [1.29, 1.82) is 0 Å². The molecule has 1 aromatic rings. The van der Waals surface area contributed by atoms with Crippen LogP contribution in [-0.4, -0.2) is 38.6 Å². The van der Waals surface area contributed by atoms with Gasteiger partial charge in [0.2, 0.25) is 10.0 Å². The Morgan fingerprint density at radius 1 is 1.56 bits per heavy atom. The highest BCUT2D eigenvalue weighted by Crippen LogP contribution is 2.22. The molecule has 7 heteroatoms. The second-order valence-electron chi connectivity index (χ2n) is 3.57. The summed E-state index contributed by atoms with van der Waals surface area (Å²) in [5, 5.41) is 1.99. The van der Waals surface area contributed by atoms with E-state index in [1.54, 1.807) is 11.3 Å². The maximum absolute atomic E-state index is 11.3. The summed E-state index contributed by atoms with van der Waals surface area (Å²) in [6.07, 6.45) is 0. The molecule has 0 bridgehead atoms. The lowest BCUT2D eigenvalue weighted by molar-refractivity contribution is 0.304. The molecule has 0 aromatic carbocycles. The molecule has 1 N–H and O–H groups in total. The summed E-state index contributed by atoms with van der Waals surface area (Å²) in [7, 11) is 0.680. The second-order valence-corrected chi connectivity index (χ2v) is 7.66. The number of halogens is 1. The van der Waals surface area contributed by atoms with Crippen LogP contribution in [0, 0.1) is 0 Å². The summed E-state index contributed by atoms with van der Waals surface area (Å²) in [4.78, 5) is 3.16. The first kappa shape index (κ1) is 14.1. The Labute approximate surface area is 109 Å². The van der Waals surface area contributed by atoms with E-state index in [1.165, 1.54) is 0 Å². The van der Waals surface area contributed by atoms with Gasteiger partial charge >= 0.3 is 0 Å². The Kier molecular flexibility index (Phi) is 5.39. The fraction of sp³-hybridized carbons (Fsp3) is 0.556. The fourth-order valence-corrected chi connectivity index (χ4v) is 3.16. The molecule has 1 heterocycles. The third-order valence-electron chi connectivity index (χ3n) is 2.14. The van der Waals surface area contributed by atoms with Gasteiger partial charge in [-0.25, -0.2) is 13.1 Å². The minimum absolute atomic E-state index is 0.0649. The molecule has 1 atom stereocenters. The van der Waals surface area contributed by atoms with Crippen LogP contribution in [-0.2, 0) is 10.0 Å². The summed E-state index contributed by atoms with van der Waals surface area (Å²) in [6, 6.07) is 4.06. The van der Waals surface area contributed by atoms with E-state index in [0.717, 1.165) is 4.88 Å². The topological polar surface area (TPSA) is 49.4 Å². The van der Waals surface area contributed by atoms with Crippen molar-refractivity contribution in [2.75, 3.05) is 25.3 Å². The zero-order chi connectivity index (χ0) is 12.2. The van der Waals surface area contributed by atoms with Crippen molar-refractivity contribution in [2.45, 2.75) is 6.04 Å². The quantitative estimate of drug-likeness (QED) is 0.808. The van der Waals surface area contributed by atoms with Gasteiger partial charge in [-0.15, -0.1) is 11.3 Å². The molecule has 1 rings (SSSR count). The molecule has 16 heavy (non-hydrogen) atoms. The number of alkyl halides is 1. The number of nitrogens with zero attached hydrogens (tertiary/aromatic N) is 1. The van der Waals surface area contributed by atoms with Crippen molar-refractivity contribution in [3.05, 3.63) is 22.4 Å². The van der Waals surface area contributed by atoms with Crippen molar-refractivity contribution in [2.24, 2.45) is 0 Å². The normalized spacial score (nSPS) is 14.2. The highest BCUT2D eigenvalue weighted by atomic mass is 79.9. The Hall–Kier alpha value is 0.0500. The first-order valence-corrected chi connectivity index (χ1v) is 8.35. The molecular weight excluding hydrogens is 312 g/mol. The Balaban J connectivity index is 2.68. The molecule has 0 fully saturated rings. The summed E-state index contributed by atoms with van der Waals surface area (Å²) in [5.41, 5.74) is 0. The first-order valence-electron chi connectivity index (χ1n) is 4.69. The average Bonchev–Trinajstić information content (AvgIpc) is 2.71. The maximum Gasteiger partial charge on any atom is 0.221 e. The van der Waals surface area contributed by atoms with E-state index < -0.39 is 10.0 Å². The summed E-state index contributed by atoms with van der Waals surface area (Å²) in [5.74, 6) is 0. The van der Waals surface area contributed by atoms with Gasteiger partial charge in [0, 0.05) is 11.4 Å². The molecule has 0 aliphatic heterocycles. The average molecular weight is 327 g/mol. The van der Waals surface area contributed by atoms with Crippen LogP contribution in [0.4, 0.5) is 0 Å². The maximum atomic E-state index is 11.3. The zero-order valence-corrected chi connectivity index (χ0v) is 12.4. The Morgan fingerprint density at radius 2 is 2.25 bits per heavy atom. The van der Waals surface area contributed by atoms with Gasteiger partial charge in [-0.3, -0.25) is 0 Å². The number of hydrogen-bond donors (Lipinski definition) is 1. The Morgan fingerprint density at radius 3 is 2.69 bits per heavy atom. The lowest BCUT2D eigenvalue weighted by atomic mass is 10.2. The van der Waals surface area contributed by atoms with Gasteiger partial charge in [-0.05, 0) is 25.5 Å². The summed E-state index contributed by atoms with van der Waals surface area (Å²) < 4.78 is 25.1. The predicted molar refractivity (Wildman–Crippen MR) is 71.5 cm³/mol. The highest BCUT2D eigenvalue weighted by Gasteiger charge is 2.17. The van der Waals surface area contributed by atoms with Crippen LogP contribution in [0.2, 0.25) is 0 Å². The van der Waals surface area contributed by atoms with E-state index in [0.29, 0.717) is 6.54 Å². The summed E-state index contributed by atoms with van der Waals surface area (Å²) in [6.45, 7) is 0.390. The van der Waals surface area contributed by atoms with E-state index in [2.05, 4.69) is 20.7 Å². The molecule has 0 radical (unpaired) electrons. The van der Waals surface area contributed by atoms with E-state index in [-0.39, 0.29) is 10.7 Å². The highest BCUT2D eigenvalue weighted by molar-refractivity contribution is 9.10. The van der Waals surface area contributed by atoms with Crippen molar-refractivity contribution < 1.29 is 8.42 Å². The van der Waals surface area contributed by atoms with E-state index in [4.69, 9.17) is 0 Å². The molecule has 92 valence electrons. The third kappa shape index (κ3) is 4.14. The number of nitrogens with one attached hydrogen (secondary N) is 1. The number of thiophene rings is 1. The molecule has 4 nitrogen and oxygen atoms in total. The van der Waals surface area contributed by atoms with E-state index in [1.807, 2.05) is 36.5 Å². The lowest BCUT2D eigenvalue weighted by Gasteiger charge is -2.23. The van der Waals surface area contributed by atoms with Gasteiger partial charge in [0.1, 0.15) is 4.66 Å². The van der Waals surface area contributed by atoms with Crippen molar-refractivity contribution in [3.63, 3.8) is 0 Å². The van der Waals surface area contributed by atoms with Crippen molar-refractivity contribution >= 4 is 37.3 Å². The molecule has 1 unspecified atom stereocenters. The smallest absolute Gasteiger partial charge is 0.221 e. The van der Waals surface area contributed by atoms with E-state index in [9.17, 15) is 8.42 Å². The molecule has 0 amide bonds. The molecule has 0 aliphatic rings. The molecular formula is C9H15BrN2O2S2. The Bertz CT molecular complexity index is 403. The van der Waals surface area contributed by atoms with Gasteiger partial charge in [0.15, 0.2) is 0 Å². The largest absolute Gasteiger partial charge is 0.300 e. The number of sulfonamides is 1. The molecule has 0 saturated carbocycles. The van der Waals surface area contributed by atoms with Crippen LogP contribution >= 0.6 is 27.3 Å². The standard InChI is InChI=1S/C9H15BrN2O2S2/c1-12(2)8(9-4-3-5-15-9)6-11-16(13,14)7-10/h3-5,8,11H,6-7H2,1-2H3. The second kappa shape index (κ2) is 6.11. The molecule has 0 aliphatic carbocycles. The molecule has 1 aromatic heterocycles. The van der Waals surface area contributed by atoms with Crippen molar-refractivity contribution in [3.8, 4) is 0 Å². The monoisotopic (exact) mass is 326 g/mol. The zero-order valence-electron chi connectivity index (χ0n) is 9.18. The molecule has 0 spiro atoms. The third-order valence-corrected chi connectivity index (χ3v) is 5.81. The van der Waals surface area contributed by atoms with Crippen LogP contribution < -0.4 is 4.72 Å². The van der Waals surface area contributed by atoms with Crippen molar-refractivity contribution in [1.82, 2.24) is 9.62 Å². The number of rotatable bonds is 6. The first-order chi connectivity index (χ1) is 7.46. The minimum Gasteiger partial charge on any atom is -0.300 e. The number of hydrogen-bond acceptors (Lipinski definition) is 4. The van der Waals surface area contributed by atoms with Crippen LogP contribution in [0.25, 0.3) is 0 Å². The van der Waals surface area contributed by atoms with Crippen LogP contribution in [0.5, 0.6) is 0 Å². The lowest BCUT2D eigenvalue weighted by Crippen LogP contribution is -2.34.